The van der Waals surface area contributed by atoms with Crippen molar-refractivity contribution in [1.82, 2.24) is 0 Å². The Bertz CT molecular complexity index is 616. The van der Waals surface area contributed by atoms with Gasteiger partial charge in [-0.05, 0) is 19.1 Å². The van der Waals surface area contributed by atoms with Gasteiger partial charge in [-0.25, -0.2) is 0 Å². The molecule has 0 unspecified atom stereocenters. The second-order valence-corrected chi connectivity index (χ2v) is 3.78. The van der Waals surface area contributed by atoms with Gasteiger partial charge in [-0.3, -0.25) is 0 Å². The zero-order chi connectivity index (χ0) is 15.5. The summed E-state index contributed by atoms with van der Waals surface area (Å²) < 4.78 is 10.6. The molecule has 0 atom stereocenters. The average molecular weight is 282 g/mol. The summed E-state index contributed by atoms with van der Waals surface area (Å²) >= 11 is 0. The molecule has 6 nitrogen and oxygen atoms in total. The van der Waals surface area contributed by atoms with E-state index in [4.69, 9.17) is 25.3 Å². The number of nitrogens with one attached hydrogen (secondary N) is 1. The van der Waals surface area contributed by atoms with E-state index in [0.29, 0.717) is 31.3 Å². The predicted octanol–water partition coefficient (Wildman–Crippen LogP) is 2.34. The van der Waals surface area contributed by atoms with Crippen LogP contribution in [0.25, 0.3) is 0 Å². The van der Waals surface area contributed by atoms with Gasteiger partial charge in [0.05, 0.1) is 6.61 Å². The highest BCUT2D eigenvalue weighted by atomic mass is 16.5. The van der Waals surface area contributed by atoms with Gasteiger partial charge in [-0.2, -0.15) is 15.8 Å². The maximum Gasteiger partial charge on any atom is 0.163 e. The number of nitriles is 3. The number of anilines is 1. The van der Waals surface area contributed by atoms with Crippen molar-refractivity contribution in [3.8, 4) is 24.0 Å². The van der Waals surface area contributed by atoms with Gasteiger partial charge in [0.15, 0.2) is 5.57 Å². The monoisotopic (exact) mass is 282 g/mol. The van der Waals surface area contributed by atoms with Crippen molar-refractivity contribution in [3.63, 3.8) is 0 Å². The van der Waals surface area contributed by atoms with Crippen LogP contribution in [0.15, 0.2) is 35.5 Å². The Hall–Kier alpha value is -3.01. The number of nitrogens with zero attached hydrogens (tertiary/aromatic N) is 3. The third-order valence-electron chi connectivity index (χ3n) is 2.39. The Kier molecular flexibility index (Phi) is 6.86. The quantitative estimate of drug-likeness (QED) is 0.608. The summed E-state index contributed by atoms with van der Waals surface area (Å²) in [6.45, 7) is 3.44. The number of rotatable bonds is 7. The van der Waals surface area contributed by atoms with Gasteiger partial charge in [0.1, 0.15) is 36.3 Å². The second-order valence-electron chi connectivity index (χ2n) is 3.78. The molecule has 0 heterocycles. The third kappa shape index (κ3) is 5.24. The summed E-state index contributed by atoms with van der Waals surface area (Å²) in [5, 5.41) is 29.2. The molecule has 0 bridgehead atoms. The van der Waals surface area contributed by atoms with E-state index in [1.54, 1.807) is 42.5 Å². The molecule has 21 heavy (non-hydrogen) atoms. The SMILES string of the molecule is CCOCCOc1cccc(NC(C#N)=C(C#N)C#N)c1. The smallest absolute Gasteiger partial charge is 0.163 e. The minimum absolute atomic E-state index is 0.0912. The Balaban J connectivity index is 2.78. The minimum Gasteiger partial charge on any atom is -0.491 e. The maximum absolute atomic E-state index is 8.97. The summed E-state index contributed by atoms with van der Waals surface area (Å²) in [6.07, 6.45) is 0. The lowest BCUT2D eigenvalue weighted by Gasteiger charge is -2.09. The van der Waals surface area contributed by atoms with E-state index in [1.165, 1.54) is 0 Å². The molecule has 0 saturated carbocycles. The van der Waals surface area contributed by atoms with Crippen LogP contribution < -0.4 is 10.1 Å². The van der Waals surface area contributed by atoms with Crippen molar-refractivity contribution in [2.45, 2.75) is 6.92 Å². The standard InChI is InChI=1S/C15H14N4O2/c1-2-20-6-7-21-14-5-3-4-13(8-14)19-15(11-18)12(9-16)10-17/h3-5,8,19H,2,6-7H2,1H3. The maximum atomic E-state index is 8.97. The van der Waals surface area contributed by atoms with E-state index in [1.807, 2.05) is 6.92 Å². The highest BCUT2D eigenvalue weighted by Crippen LogP contribution is 2.19. The third-order valence-corrected chi connectivity index (χ3v) is 2.39. The van der Waals surface area contributed by atoms with Crippen molar-refractivity contribution in [2.75, 3.05) is 25.1 Å². The minimum atomic E-state index is -0.264. The number of allylic oxidation sites excluding steroid dienone is 2. The van der Waals surface area contributed by atoms with Crippen LogP contribution in [-0.2, 0) is 4.74 Å². The van der Waals surface area contributed by atoms with E-state index in [0.717, 1.165) is 0 Å². The highest BCUT2D eigenvalue weighted by Gasteiger charge is 2.06. The van der Waals surface area contributed by atoms with Crippen LogP contribution in [0, 0.1) is 34.0 Å². The van der Waals surface area contributed by atoms with Gasteiger partial charge in [0.2, 0.25) is 0 Å². The van der Waals surface area contributed by atoms with Crippen LogP contribution in [0.3, 0.4) is 0 Å². The van der Waals surface area contributed by atoms with Gasteiger partial charge in [-0.1, -0.05) is 6.07 Å². The lowest BCUT2D eigenvalue weighted by atomic mass is 10.2. The van der Waals surface area contributed by atoms with Crippen LogP contribution in [0.2, 0.25) is 0 Å². The average Bonchev–Trinajstić information content (AvgIpc) is 2.52. The molecule has 0 fully saturated rings. The fourth-order valence-corrected chi connectivity index (χ4v) is 1.45. The molecule has 0 saturated heterocycles. The summed E-state index contributed by atoms with van der Waals surface area (Å²) in [5.74, 6) is 0.604. The first-order valence-electron chi connectivity index (χ1n) is 6.27. The molecule has 1 aromatic carbocycles. The first-order valence-corrected chi connectivity index (χ1v) is 6.27. The molecular weight excluding hydrogens is 268 g/mol. The number of hydrogen-bond donors (Lipinski definition) is 1. The highest BCUT2D eigenvalue weighted by molar-refractivity contribution is 5.59. The van der Waals surface area contributed by atoms with E-state index in [9.17, 15) is 0 Å². The Morgan fingerprint density at radius 3 is 2.52 bits per heavy atom. The van der Waals surface area contributed by atoms with Crippen LogP contribution in [0.5, 0.6) is 5.75 Å². The molecule has 6 heteroatoms. The van der Waals surface area contributed by atoms with E-state index < -0.39 is 0 Å². The fraction of sp³-hybridized carbons (Fsp3) is 0.267. The van der Waals surface area contributed by atoms with Crippen molar-refractivity contribution in [2.24, 2.45) is 0 Å². The molecule has 0 aliphatic heterocycles. The predicted molar refractivity (Wildman–Crippen MR) is 75.9 cm³/mol. The Morgan fingerprint density at radius 1 is 1.14 bits per heavy atom. The molecule has 1 rings (SSSR count). The summed E-state index contributed by atoms with van der Waals surface area (Å²) in [6, 6.07) is 12.0. The largest absolute Gasteiger partial charge is 0.491 e. The molecule has 0 spiro atoms. The topological polar surface area (TPSA) is 102 Å². The zero-order valence-electron chi connectivity index (χ0n) is 11.6. The van der Waals surface area contributed by atoms with E-state index >= 15 is 0 Å². The molecule has 1 aromatic rings. The molecule has 106 valence electrons. The van der Waals surface area contributed by atoms with Crippen molar-refractivity contribution < 1.29 is 9.47 Å². The van der Waals surface area contributed by atoms with E-state index in [-0.39, 0.29) is 11.3 Å². The lowest BCUT2D eigenvalue weighted by molar-refractivity contribution is 0.110. The van der Waals surface area contributed by atoms with Crippen molar-refractivity contribution >= 4 is 5.69 Å². The van der Waals surface area contributed by atoms with Crippen LogP contribution in [-0.4, -0.2) is 19.8 Å². The second kappa shape index (κ2) is 8.98. The lowest BCUT2D eigenvalue weighted by Crippen LogP contribution is -2.06. The van der Waals surface area contributed by atoms with Gasteiger partial charge in [0, 0.05) is 18.4 Å². The normalized spacial score (nSPS) is 8.86. The van der Waals surface area contributed by atoms with Crippen LogP contribution in [0.4, 0.5) is 5.69 Å². The number of benzene rings is 1. The number of ether oxygens (including phenoxy) is 2. The van der Waals surface area contributed by atoms with Gasteiger partial charge in [0.25, 0.3) is 0 Å². The van der Waals surface area contributed by atoms with Crippen LogP contribution >= 0.6 is 0 Å². The molecule has 1 N–H and O–H groups in total. The molecular formula is C15H14N4O2. The molecule has 0 aliphatic rings. The molecule has 0 amide bonds. The van der Waals surface area contributed by atoms with Crippen LogP contribution in [0.1, 0.15) is 6.92 Å². The molecule has 0 aliphatic carbocycles. The Morgan fingerprint density at radius 2 is 1.90 bits per heavy atom. The van der Waals surface area contributed by atoms with Gasteiger partial charge >= 0.3 is 0 Å². The van der Waals surface area contributed by atoms with Crippen molar-refractivity contribution in [1.29, 1.82) is 15.8 Å². The number of hydrogen-bond acceptors (Lipinski definition) is 6. The zero-order valence-corrected chi connectivity index (χ0v) is 11.6. The van der Waals surface area contributed by atoms with Gasteiger partial charge in [-0.15, -0.1) is 0 Å². The summed E-state index contributed by atoms with van der Waals surface area (Å²) in [4.78, 5) is 0. The first kappa shape index (κ1) is 16.0. The van der Waals surface area contributed by atoms with Gasteiger partial charge < -0.3 is 14.8 Å². The van der Waals surface area contributed by atoms with E-state index in [2.05, 4.69) is 5.32 Å². The fourth-order valence-electron chi connectivity index (χ4n) is 1.45. The Labute approximate surface area is 123 Å². The van der Waals surface area contributed by atoms with Crippen molar-refractivity contribution in [3.05, 3.63) is 35.5 Å². The summed E-state index contributed by atoms with van der Waals surface area (Å²) in [5.41, 5.74) is 0.204. The first-order chi connectivity index (χ1) is 10.2. The molecule has 0 radical (unpaired) electrons. The molecule has 0 aromatic heterocycles. The summed E-state index contributed by atoms with van der Waals surface area (Å²) in [7, 11) is 0.